The van der Waals surface area contributed by atoms with Crippen molar-refractivity contribution in [3.63, 3.8) is 0 Å². The number of carbonyl (C=O) groups is 1. The molecule has 0 saturated carbocycles. The molecule has 0 radical (unpaired) electrons. The minimum absolute atomic E-state index is 0.00628. The molecule has 1 amide bonds. The van der Waals surface area contributed by atoms with Gasteiger partial charge in [0.05, 0.1) is 0 Å². The highest BCUT2D eigenvalue weighted by atomic mass is 32.2. The van der Waals surface area contributed by atoms with Gasteiger partial charge in [-0.3, -0.25) is 9.20 Å². The number of nitrogens with one attached hydrogen (secondary N) is 2. The van der Waals surface area contributed by atoms with E-state index in [1.54, 1.807) is 31.3 Å². The number of hydrogen-bond acceptors (Lipinski definition) is 5. The van der Waals surface area contributed by atoms with Crippen LogP contribution in [0.25, 0.3) is 5.65 Å². The van der Waals surface area contributed by atoms with Gasteiger partial charge >= 0.3 is 0 Å². The van der Waals surface area contributed by atoms with Crippen LogP contribution in [-0.2, 0) is 14.8 Å². The van der Waals surface area contributed by atoms with Crippen molar-refractivity contribution < 1.29 is 13.2 Å². The van der Waals surface area contributed by atoms with Crippen molar-refractivity contribution in [2.24, 2.45) is 0 Å². The predicted molar refractivity (Wildman–Crippen MR) is 78.1 cm³/mol. The summed E-state index contributed by atoms with van der Waals surface area (Å²) in [4.78, 5) is 15.3. The molecule has 9 heteroatoms. The molecule has 0 aliphatic rings. The van der Waals surface area contributed by atoms with Crippen LogP contribution < -0.4 is 15.8 Å². The Balaban J connectivity index is 2.18. The summed E-state index contributed by atoms with van der Waals surface area (Å²) in [7, 11) is -3.84. The molecule has 0 spiro atoms. The number of nitrogens with zero attached hydrogens (tertiary/aromatic N) is 2. The fourth-order valence-electron chi connectivity index (χ4n) is 1.91. The average molecular weight is 311 g/mol. The van der Waals surface area contributed by atoms with Crippen LogP contribution in [0.1, 0.15) is 13.3 Å². The Hall–Kier alpha value is -2.13. The van der Waals surface area contributed by atoms with E-state index in [1.165, 1.54) is 4.40 Å². The summed E-state index contributed by atoms with van der Waals surface area (Å²) in [5.74, 6) is -0.293. The Morgan fingerprint density at radius 2 is 2.19 bits per heavy atom. The Morgan fingerprint density at radius 1 is 1.43 bits per heavy atom. The SMILES string of the molecule is CCNC(=O)CCNS(=O)(=O)c1c(N)nc2ccccn12. The van der Waals surface area contributed by atoms with Crippen LogP contribution in [0.4, 0.5) is 5.82 Å². The number of imidazole rings is 1. The summed E-state index contributed by atoms with van der Waals surface area (Å²) in [6.07, 6.45) is 1.63. The van der Waals surface area contributed by atoms with Gasteiger partial charge in [0.1, 0.15) is 5.65 Å². The van der Waals surface area contributed by atoms with Crippen molar-refractivity contribution in [3.8, 4) is 0 Å². The van der Waals surface area contributed by atoms with E-state index in [0.29, 0.717) is 12.2 Å². The van der Waals surface area contributed by atoms with E-state index in [4.69, 9.17) is 5.73 Å². The van der Waals surface area contributed by atoms with Crippen LogP contribution in [0.2, 0.25) is 0 Å². The van der Waals surface area contributed by atoms with E-state index in [2.05, 4.69) is 15.0 Å². The van der Waals surface area contributed by atoms with Crippen molar-refractivity contribution >= 4 is 27.4 Å². The summed E-state index contributed by atoms with van der Waals surface area (Å²) >= 11 is 0. The third kappa shape index (κ3) is 3.31. The lowest BCUT2D eigenvalue weighted by atomic mass is 10.4. The van der Waals surface area contributed by atoms with Gasteiger partial charge in [0.15, 0.2) is 10.8 Å². The molecule has 2 aromatic heterocycles. The lowest BCUT2D eigenvalue weighted by molar-refractivity contribution is -0.120. The van der Waals surface area contributed by atoms with Crippen LogP contribution in [0.3, 0.4) is 0 Å². The van der Waals surface area contributed by atoms with Gasteiger partial charge in [0.25, 0.3) is 10.0 Å². The summed E-state index contributed by atoms with van der Waals surface area (Å²) in [6, 6.07) is 5.08. The van der Waals surface area contributed by atoms with Crippen LogP contribution in [-0.4, -0.2) is 36.8 Å². The lowest BCUT2D eigenvalue weighted by Gasteiger charge is -2.07. The maximum atomic E-state index is 12.3. The third-order valence-electron chi connectivity index (χ3n) is 2.78. The van der Waals surface area contributed by atoms with Crippen molar-refractivity contribution in [1.82, 2.24) is 19.4 Å². The molecule has 0 aliphatic heterocycles. The highest BCUT2D eigenvalue weighted by Gasteiger charge is 2.23. The van der Waals surface area contributed by atoms with Gasteiger partial charge in [-0.25, -0.2) is 18.1 Å². The number of pyridine rings is 1. The van der Waals surface area contributed by atoms with Crippen molar-refractivity contribution in [3.05, 3.63) is 24.4 Å². The second-order valence-electron chi connectivity index (χ2n) is 4.33. The number of fused-ring (bicyclic) bond motifs is 1. The number of anilines is 1. The first-order valence-electron chi connectivity index (χ1n) is 6.44. The molecule has 0 fully saturated rings. The summed E-state index contributed by atoms with van der Waals surface area (Å²) < 4.78 is 28.3. The average Bonchev–Trinajstić information content (AvgIpc) is 2.75. The lowest BCUT2D eigenvalue weighted by Crippen LogP contribution is -2.31. The molecule has 114 valence electrons. The van der Waals surface area contributed by atoms with Crippen LogP contribution in [0, 0.1) is 0 Å². The Morgan fingerprint density at radius 3 is 2.90 bits per heavy atom. The van der Waals surface area contributed by atoms with E-state index < -0.39 is 10.0 Å². The van der Waals surface area contributed by atoms with Gasteiger partial charge in [-0.15, -0.1) is 0 Å². The van der Waals surface area contributed by atoms with E-state index >= 15 is 0 Å². The largest absolute Gasteiger partial charge is 0.381 e. The number of nitrogens with two attached hydrogens (primary N) is 1. The van der Waals surface area contributed by atoms with Gasteiger partial charge < -0.3 is 11.1 Å². The molecule has 8 nitrogen and oxygen atoms in total. The Labute approximate surface area is 122 Å². The van der Waals surface area contributed by atoms with Crippen LogP contribution in [0.15, 0.2) is 29.4 Å². The quantitative estimate of drug-likeness (QED) is 0.678. The van der Waals surface area contributed by atoms with E-state index in [1.807, 2.05) is 0 Å². The number of rotatable bonds is 6. The molecule has 2 rings (SSSR count). The Kier molecular flexibility index (Phi) is 4.43. The first kappa shape index (κ1) is 15.3. The van der Waals surface area contributed by atoms with Gasteiger partial charge in [-0.2, -0.15) is 0 Å². The molecule has 2 heterocycles. The fourth-order valence-corrected chi connectivity index (χ4v) is 3.15. The van der Waals surface area contributed by atoms with Crippen molar-refractivity contribution in [2.45, 2.75) is 18.4 Å². The van der Waals surface area contributed by atoms with Gasteiger partial charge in [0.2, 0.25) is 5.91 Å². The Bertz CT molecular complexity index is 753. The fraction of sp³-hybridized carbons (Fsp3) is 0.333. The smallest absolute Gasteiger partial charge is 0.260 e. The molecule has 2 aromatic rings. The standard InChI is InChI=1S/C12H17N5O3S/c1-2-14-10(18)6-7-15-21(19,20)12-11(13)16-9-5-3-4-8-17(9)12/h3-5,8,15H,2,6-7,13H2,1H3,(H,14,18). The van der Waals surface area contributed by atoms with Gasteiger partial charge in [0, 0.05) is 25.7 Å². The predicted octanol–water partition coefficient (Wildman–Crippen LogP) is -0.279. The zero-order chi connectivity index (χ0) is 15.5. The molecule has 0 aliphatic carbocycles. The van der Waals surface area contributed by atoms with E-state index in [-0.39, 0.29) is 29.7 Å². The third-order valence-corrected chi connectivity index (χ3v) is 4.28. The molecule has 0 aromatic carbocycles. The minimum Gasteiger partial charge on any atom is -0.381 e. The molecular formula is C12H17N5O3S. The minimum atomic E-state index is -3.84. The van der Waals surface area contributed by atoms with Crippen LogP contribution in [0.5, 0.6) is 0 Å². The number of hydrogen-bond donors (Lipinski definition) is 3. The van der Waals surface area contributed by atoms with E-state index in [0.717, 1.165) is 0 Å². The maximum Gasteiger partial charge on any atom is 0.260 e. The summed E-state index contributed by atoms with van der Waals surface area (Å²) in [5.41, 5.74) is 6.13. The molecular weight excluding hydrogens is 294 g/mol. The molecule has 21 heavy (non-hydrogen) atoms. The summed E-state index contributed by atoms with van der Waals surface area (Å²) in [5, 5.41) is 2.47. The summed E-state index contributed by atoms with van der Waals surface area (Å²) in [6.45, 7) is 2.29. The second kappa shape index (κ2) is 6.10. The number of nitrogen functional groups attached to an aromatic ring is 1. The van der Waals surface area contributed by atoms with Crippen molar-refractivity contribution in [2.75, 3.05) is 18.8 Å². The zero-order valence-electron chi connectivity index (χ0n) is 11.5. The van der Waals surface area contributed by atoms with Gasteiger partial charge in [-0.1, -0.05) is 6.07 Å². The van der Waals surface area contributed by atoms with Crippen molar-refractivity contribution in [1.29, 1.82) is 0 Å². The molecule has 0 atom stereocenters. The first-order chi connectivity index (χ1) is 9.95. The van der Waals surface area contributed by atoms with Gasteiger partial charge in [-0.05, 0) is 19.1 Å². The molecule has 0 unspecified atom stereocenters. The first-order valence-corrected chi connectivity index (χ1v) is 7.93. The molecule has 4 N–H and O–H groups in total. The zero-order valence-corrected chi connectivity index (χ0v) is 12.4. The number of carbonyl (C=O) groups excluding carboxylic acids is 1. The second-order valence-corrected chi connectivity index (χ2v) is 6.01. The monoisotopic (exact) mass is 311 g/mol. The molecule has 0 bridgehead atoms. The highest BCUT2D eigenvalue weighted by molar-refractivity contribution is 7.89. The number of amides is 1. The maximum absolute atomic E-state index is 12.3. The van der Waals surface area contributed by atoms with Crippen LogP contribution >= 0.6 is 0 Å². The topological polar surface area (TPSA) is 119 Å². The number of sulfonamides is 1. The molecule has 0 saturated heterocycles. The normalized spacial score (nSPS) is 11.7. The number of aromatic nitrogens is 2. The van der Waals surface area contributed by atoms with E-state index in [9.17, 15) is 13.2 Å². The highest BCUT2D eigenvalue weighted by Crippen LogP contribution is 2.19.